The van der Waals surface area contributed by atoms with Crippen LogP contribution in [0.3, 0.4) is 0 Å². The molecule has 0 aromatic heterocycles. The third-order valence-corrected chi connectivity index (χ3v) is 6.03. The van der Waals surface area contributed by atoms with Gasteiger partial charge in [-0.05, 0) is 44.4 Å². The molecule has 3 rings (SSSR count). The molecule has 1 aliphatic carbocycles. The lowest BCUT2D eigenvalue weighted by molar-refractivity contribution is -0.126. The minimum absolute atomic E-state index is 0. The number of halogens is 1. The molecule has 2 N–H and O–H groups in total. The standard InChI is InChI=1S/C18H32N2O.ClH/c1-2-14(10-13-6-4-3-5-7-13)18(21)20-17-11-15-8-9-16(12-17)19-15;/h13-17,19H,2-12H2,1H3,(H,20,21);1H. The predicted octanol–water partition coefficient (Wildman–Crippen LogP) is 3.80. The summed E-state index contributed by atoms with van der Waals surface area (Å²) < 4.78 is 0. The molecule has 2 heterocycles. The van der Waals surface area contributed by atoms with Gasteiger partial charge >= 0.3 is 0 Å². The Morgan fingerprint density at radius 3 is 2.32 bits per heavy atom. The molecule has 0 radical (unpaired) electrons. The van der Waals surface area contributed by atoms with Crippen molar-refractivity contribution in [2.45, 2.75) is 95.7 Å². The summed E-state index contributed by atoms with van der Waals surface area (Å²) in [5.41, 5.74) is 0. The number of hydrogen-bond donors (Lipinski definition) is 2. The van der Waals surface area contributed by atoms with Crippen molar-refractivity contribution >= 4 is 18.3 Å². The van der Waals surface area contributed by atoms with Crippen molar-refractivity contribution in [3.8, 4) is 0 Å². The molecule has 2 bridgehead atoms. The molecule has 2 saturated heterocycles. The van der Waals surface area contributed by atoms with Gasteiger partial charge in [-0.2, -0.15) is 0 Å². The molecule has 1 saturated carbocycles. The first kappa shape index (κ1) is 18.1. The van der Waals surface area contributed by atoms with Crippen molar-refractivity contribution in [1.82, 2.24) is 10.6 Å². The van der Waals surface area contributed by atoms with Gasteiger partial charge in [-0.1, -0.05) is 39.0 Å². The van der Waals surface area contributed by atoms with E-state index < -0.39 is 0 Å². The molecule has 0 aromatic carbocycles. The van der Waals surface area contributed by atoms with E-state index in [1.165, 1.54) is 44.9 Å². The average Bonchev–Trinajstić information content (AvgIpc) is 2.84. The maximum absolute atomic E-state index is 12.6. The fourth-order valence-corrected chi connectivity index (χ4v) is 4.78. The lowest BCUT2D eigenvalue weighted by Gasteiger charge is -2.32. The van der Waals surface area contributed by atoms with E-state index in [2.05, 4.69) is 17.6 Å². The van der Waals surface area contributed by atoms with Gasteiger partial charge in [-0.3, -0.25) is 4.79 Å². The van der Waals surface area contributed by atoms with E-state index in [1.807, 2.05) is 0 Å². The zero-order chi connectivity index (χ0) is 14.7. The van der Waals surface area contributed by atoms with Crippen LogP contribution in [0.15, 0.2) is 0 Å². The Morgan fingerprint density at radius 1 is 1.09 bits per heavy atom. The summed E-state index contributed by atoms with van der Waals surface area (Å²) in [5.74, 6) is 1.40. The number of nitrogens with one attached hydrogen (secondary N) is 2. The second-order valence-corrected chi connectivity index (χ2v) is 7.66. The molecule has 3 aliphatic rings. The fourth-order valence-electron chi connectivity index (χ4n) is 4.78. The van der Waals surface area contributed by atoms with Gasteiger partial charge < -0.3 is 10.6 Å². The van der Waals surface area contributed by atoms with Crippen molar-refractivity contribution in [2.24, 2.45) is 11.8 Å². The highest BCUT2D eigenvalue weighted by Crippen LogP contribution is 2.31. The maximum atomic E-state index is 12.6. The number of carbonyl (C=O) groups is 1. The fraction of sp³-hybridized carbons (Fsp3) is 0.944. The van der Waals surface area contributed by atoms with Crippen LogP contribution in [-0.2, 0) is 4.79 Å². The molecule has 2 aliphatic heterocycles. The highest BCUT2D eigenvalue weighted by atomic mass is 35.5. The topological polar surface area (TPSA) is 41.1 Å². The molecule has 4 heteroatoms. The monoisotopic (exact) mass is 328 g/mol. The number of piperidine rings is 1. The molecule has 3 atom stereocenters. The van der Waals surface area contributed by atoms with Gasteiger partial charge in [0.1, 0.15) is 0 Å². The van der Waals surface area contributed by atoms with Crippen LogP contribution < -0.4 is 10.6 Å². The molecule has 3 nitrogen and oxygen atoms in total. The number of carbonyl (C=O) groups excluding carboxylic acids is 1. The van der Waals surface area contributed by atoms with Crippen molar-refractivity contribution in [2.75, 3.05) is 0 Å². The van der Waals surface area contributed by atoms with Gasteiger partial charge in [0.2, 0.25) is 5.91 Å². The van der Waals surface area contributed by atoms with Crippen LogP contribution in [0, 0.1) is 11.8 Å². The number of hydrogen-bond acceptors (Lipinski definition) is 2. The van der Waals surface area contributed by atoms with Crippen molar-refractivity contribution < 1.29 is 4.79 Å². The van der Waals surface area contributed by atoms with Gasteiger partial charge in [0.25, 0.3) is 0 Å². The van der Waals surface area contributed by atoms with Crippen LogP contribution in [0.2, 0.25) is 0 Å². The highest BCUT2D eigenvalue weighted by molar-refractivity contribution is 5.85. The molecule has 3 unspecified atom stereocenters. The molecule has 0 spiro atoms. The van der Waals surface area contributed by atoms with Gasteiger partial charge in [0.15, 0.2) is 0 Å². The Kier molecular flexibility index (Phi) is 7.01. The third kappa shape index (κ3) is 4.61. The SMILES string of the molecule is CCC(CC1CCCCC1)C(=O)NC1CC2CCC(C1)N2.Cl. The van der Waals surface area contributed by atoms with E-state index in [9.17, 15) is 4.79 Å². The second-order valence-electron chi connectivity index (χ2n) is 7.66. The summed E-state index contributed by atoms with van der Waals surface area (Å²) in [4.78, 5) is 12.6. The Balaban J connectivity index is 0.00000176. The van der Waals surface area contributed by atoms with Gasteiger partial charge in [0, 0.05) is 24.0 Å². The maximum Gasteiger partial charge on any atom is 0.223 e. The normalized spacial score (nSPS) is 33.0. The molecule has 3 fully saturated rings. The third-order valence-electron chi connectivity index (χ3n) is 6.03. The lowest BCUT2D eigenvalue weighted by atomic mass is 9.81. The van der Waals surface area contributed by atoms with Crippen LogP contribution in [0.1, 0.15) is 77.6 Å². The van der Waals surface area contributed by atoms with Crippen molar-refractivity contribution in [1.29, 1.82) is 0 Å². The van der Waals surface area contributed by atoms with Crippen LogP contribution >= 0.6 is 12.4 Å². The van der Waals surface area contributed by atoms with E-state index in [0.717, 1.165) is 31.6 Å². The first-order valence-electron chi connectivity index (χ1n) is 9.31. The molecule has 0 aromatic rings. The Hall–Kier alpha value is -0.280. The Bertz CT molecular complexity index is 345. The summed E-state index contributed by atoms with van der Waals surface area (Å²) in [5, 5.41) is 7.03. The molecule has 1 amide bonds. The first-order valence-corrected chi connectivity index (χ1v) is 9.31. The van der Waals surface area contributed by atoms with Crippen molar-refractivity contribution in [3.05, 3.63) is 0 Å². The van der Waals surface area contributed by atoms with Gasteiger partial charge in [0.05, 0.1) is 0 Å². The lowest BCUT2D eigenvalue weighted by Crippen LogP contribution is -2.49. The summed E-state index contributed by atoms with van der Waals surface area (Å²) in [6, 6.07) is 1.75. The quantitative estimate of drug-likeness (QED) is 0.806. The van der Waals surface area contributed by atoms with Crippen LogP contribution in [0.5, 0.6) is 0 Å². The minimum Gasteiger partial charge on any atom is -0.353 e. The Labute approximate surface area is 141 Å². The summed E-state index contributed by atoms with van der Waals surface area (Å²) in [6.45, 7) is 2.18. The minimum atomic E-state index is 0. The van der Waals surface area contributed by atoms with Crippen LogP contribution in [-0.4, -0.2) is 24.0 Å². The molecular weight excluding hydrogens is 296 g/mol. The Morgan fingerprint density at radius 2 is 1.73 bits per heavy atom. The zero-order valence-corrected chi connectivity index (χ0v) is 14.8. The molecule has 128 valence electrons. The second kappa shape index (κ2) is 8.54. The predicted molar refractivity (Wildman–Crippen MR) is 93.3 cm³/mol. The van der Waals surface area contributed by atoms with Gasteiger partial charge in [-0.15, -0.1) is 12.4 Å². The number of rotatable bonds is 5. The summed E-state index contributed by atoms with van der Waals surface area (Å²) in [7, 11) is 0. The molecular formula is C18H33ClN2O. The number of fused-ring (bicyclic) bond motifs is 2. The van der Waals surface area contributed by atoms with Crippen molar-refractivity contribution in [3.63, 3.8) is 0 Å². The summed E-state index contributed by atoms with van der Waals surface area (Å²) >= 11 is 0. The van der Waals surface area contributed by atoms with E-state index in [4.69, 9.17) is 0 Å². The van der Waals surface area contributed by atoms with Crippen LogP contribution in [0.4, 0.5) is 0 Å². The van der Waals surface area contributed by atoms with E-state index in [1.54, 1.807) is 0 Å². The largest absolute Gasteiger partial charge is 0.353 e. The number of amides is 1. The van der Waals surface area contributed by atoms with Crippen LogP contribution in [0.25, 0.3) is 0 Å². The van der Waals surface area contributed by atoms with Gasteiger partial charge in [-0.25, -0.2) is 0 Å². The van der Waals surface area contributed by atoms with E-state index in [-0.39, 0.29) is 18.3 Å². The zero-order valence-electron chi connectivity index (χ0n) is 14.0. The molecule has 22 heavy (non-hydrogen) atoms. The van der Waals surface area contributed by atoms with E-state index in [0.29, 0.717) is 24.0 Å². The first-order chi connectivity index (χ1) is 10.2. The average molecular weight is 329 g/mol. The smallest absolute Gasteiger partial charge is 0.223 e. The highest BCUT2D eigenvalue weighted by Gasteiger charge is 2.35. The summed E-state index contributed by atoms with van der Waals surface area (Å²) in [6.07, 6.45) is 13.9. The van der Waals surface area contributed by atoms with E-state index >= 15 is 0 Å².